The summed E-state index contributed by atoms with van der Waals surface area (Å²) in [6, 6.07) is 2.01. The molecule has 72 valence electrons. The van der Waals surface area contributed by atoms with E-state index in [0.29, 0.717) is 3.57 Å². The fraction of sp³-hybridized carbons (Fsp3) is 0.143. The summed E-state index contributed by atoms with van der Waals surface area (Å²) in [7, 11) is 0. The Bertz CT molecular complexity index is 335. The van der Waals surface area contributed by atoms with Crippen LogP contribution in [0.1, 0.15) is 5.56 Å². The van der Waals surface area contributed by atoms with Crippen LogP contribution in [0.3, 0.4) is 0 Å². The maximum atomic E-state index is 12.2. The van der Waals surface area contributed by atoms with Crippen LogP contribution in [-0.2, 0) is 6.18 Å². The molecule has 0 nitrogen and oxygen atoms in total. The van der Waals surface area contributed by atoms with Crippen LogP contribution in [0.2, 0.25) is 10.0 Å². The Morgan fingerprint density at radius 3 is 2.08 bits per heavy atom. The van der Waals surface area contributed by atoms with Gasteiger partial charge in [-0.1, -0.05) is 23.2 Å². The molecule has 0 aliphatic carbocycles. The lowest BCUT2D eigenvalue weighted by atomic mass is 10.2. The van der Waals surface area contributed by atoms with Crippen molar-refractivity contribution in [3.63, 3.8) is 0 Å². The summed E-state index contributed by atoms with van der Waals surface area (Å²) in [5, 5.41) is -0.279. The summed E-state index contributed by atoms with van der Waals surface area (Å²) >= 11 is 12.7. The first-order valence-corrected chi connectivity index (χ1v) is 4.87. The van der Waals surface area contributed by atoms with E-state index in [4.69, 9.17) is 23.2 Å². The molecule has 0 amide bonds. The van der Waals surface area contributed by atoms with Crippen molar-refractivity contribution in [2.24, 2.45) is 0 Å². The van der Waals surface area contributed by atoms with Crippen LogP contribution in [-0.4, -0.2) is 0 Å². The largest absolute Gasteiger partial charge is 0.417 e. The van der Waals surface area contributed by atoms with Crippen LogP contribution in [0.25, 0.3) is 0 Å². The van der Waals surface area contributed by atoms with Gasteiger partial charge in [0.2, 0.25) is 0 Å². The highest BCUT2D eigenvalue weighted by molar-refractivity contribution is 14.1. The smallest absolute Gasteiger partial charge is 0.166 e. The molecule has 0 bridgehead atoms. The van der Waals surface area contributed by atoms with Gasteiger partial charge >= 0.3 is 6.18 Å². The first-order valence-electron chi connectivity index (χ1n) is 3.04. The first kappa shape index (κ1) is 11.4. The van der Waals surface area contributed by atoms with Crippen molar-refractivity contribution in [2.45, 2.75) is 6.18 Å². The minimum atomic E-state index is -4.45. The second kappa shape index (κ2) is 3.82. The van der Waals surface area contributed by atoms with Gasteiger partial charge < -0.3 is 0 Å². The van der Waals surface area contributed by atoms with Crippen LogP contribution in [0, 0.1) is 3.57 Å². The molecule has 0 fully saturated rings. The van der Waals surface area contributed by atoms with E-state index in [0.717, 1.165) is 6.07 Å². The molecule has 0 aliphatic heterocycles. The molecular weight excluding hydrogens is 339 g/mol. The second-order valence-corrected chi connectivity index (χ2v) is 4.22. The lowest BCUT2D eigenvalue weighted by Gasteiger charge is -2.09. The zero-order chi connectivity index (χ0) is 10.2. The molecule has 0 atom stereocenters. The molecule has 0 N–H and O–H groups in total. The van der Waals surface area contributed by atoms with Crippen molar-refractivity contribution < 1.29 is 13.2 Å². The first-order chi connectivity index (χ1) is 5.82. The number of hydrogen-bond acceptors (Lipinski definition) is 0. The van der Waals surface area contributed by atoms with E-state index in [2.05, 4.69) is 0 Å². The van der Waals surface area contributed by atoms with E-state index in [1.807, 2.05) is 22.6 Å². The third kappa shape index (κ3) is 2.63. The van der Waals surface area contributed by atoms with Gasteiger partial charge in [-0.3, -0.25) is 0 Å². The van der Waals surface area contributed by atoms with Crippen molar-refractivity contribution in [3.05, 3.63) is 31.3 Å². The number of alkyl halides is 3. The van der Waals surface area contributed by atoms with Gasteiger partial charge in [0.25, 0.3) is 0 Å². The van der Waals surface area contributed by atoms with Gasteiger partial charge in [-0.15, -0.1) is 0 Å². The third-order valence-electron chi connectivity index (χ3n) is 1.32. The zero-order valence-electron chi connectivity index (χ0n) is 5.92. The molecule has 6 heteroatoms. The third-order valence-corrected chi connectivity index (χ3v) is 3.15. The molecule has 0 radical (unpaired) electrons. The lowest BCUT2D eigenvalue weighted by molar-refractivity contribution is -0.137. The van der Waals surface area contributed by atoms with E-state index in [1.165, 1.54) is 6.07 Å². The predicted octanol–water partition coefficient (Wildman–Crippen LogP) is 4.62. The predicted molar refractivity (Wildman–Crippen MR) is 54.2 cm³/mol. The molecule has 0 saturated heterocycles. The Hall–Kier alpha value is 0.320. The summed E-state index contributed by atoms with van der Waals surface area (Å²) < 4.78 is 37.1. The summed E-state index contributed by atoms with van der Waals surface area (Å²) in [6.07, 6.45) is -4.45. The molecule has 0 unspecified atom stereocenters. The molecule has 0 heterocycles. The maximum Gasteiger partial charge on any atom is 0.417 e. The molecule has 0 aromatic heterocycles. The van der Waals surface area contributed by atoms with Crippen LogP contribution in [0.15, 0.2) is 12.1 Å². The molecule has 13 heavy (non-hydrogen) atoms. The van der Waals surface area contributed by atoms with Gasteiger partial charge in [0.15, 0.2) is 0 Å². The van der Waals surface area contributed by atoms with Gasteiger partial charge in [0.05, 0.1) is 15.6 Å². The Kier molecular flexibility index (Phi) is 3.35. The Labute approximate surface area is 96.2 Å². The molecule has 1 aromatic rings. The maximum absolute atomic E-state index is 12.2. The number of hydrogen-bond donors (Lipinski definition) is 0. The van der Waals surface area contributed by atoms with E-state index in [1.54, 1.807) is 0 Å². The molecule has 1 aromatic carbocycles. The molecule has 0 aliphatic rings. The Morgan fingerprint density at radius 2 is 1.62 bits per heavy atom. The minimum absolute atomic E-state index is 0.0531. The summed E-state index contributed by atoms with van der Waals surface area (Å²) in [5.41, 5.74) is -0.903. The highest BCUT2D eigenvalue weighted by Gasteiger charge is 2.33. The summed E-state index contributed by atoms with van der Waals surface area (Å²) in [5.74, 6) is 0. The van der Waals surface area contributed by atoms with E-state index >= 15 is 0 Å². The summed E-state index contributed by atoms with van der Waals surface area (Å²) in [6.45, 7) is 0. The number of benzene rings is 1. The average Bonchev–Trinajstić information content (AvgIpc) is 1.94. The molecule has 0 saturated carbocycles. The quantitative estimate of drug-likeness (QED) is 0.477. The zero-order valence-corrected chi connectivity index (χ0v) is 9.59. The lowest BCUT2D eigenvalue weighted by Crippen LogP contribution is -2.06. The topological polar surface area (TPSA) is 0 Å². The highest BCUT2D eigenvalue weighted by atomic mass is 127. The minimum Gasteiger partial charge on any atom is -0.166 e. The fourth-order valence-corrected chi connectivity index (χ4v) is 1.83. The van der Waals surface area contributed by atoms with Crippen LogP contribution in [0.5, 0.6) is 0 Å². The second-order valence-electron chi connectivity index (χ2n) is 2.24. The van der Waals surface area contributed by atoms with Crippen molar-refractivity contribution in [1.82, 2.24) is 0 Å². The van der Waals surface area contributed by atoms with Gasteiger partial charge in [-0.2, -0.15) is 13.2 Å². The highest BCUT2D eigenvalue weighted by Crippen LogP contribution is 2.37. The van der Waals surface area contributed by atoms with E-state index < -0.39 is 11.7 Å². The Morgan fingerprint density at radius 1 is 1.08 bits per heavy atom. The normalized spacial score (nSPS) is 11.8. The van der Waals surface area contributed by atoms with E-state index in [-0.39, 0.29) is 10.0 Å². The van der Waals surface area contributed by atoms with Gasteiger partial charge in [0, 0.05) is 3.57 Å². The van der Waals surface area contributed by atoms with Gasteiger partial charge in [0.1, 0.15) is 0 Å². The monoisotopic (exact) mass is 340 g/mol. The summed E-state index contributed by atoms with van der Waals surface area (Å²) in [4.78, 5) is 0. The molecule has 0 spiro atoms. The van der Waals surface area contributed by atoms with Gasteiger partial charge in [-0.25, -0.2) is 0 Å². The van der Waals surface area contributed by atoms with Crippen LogP contribution >= 0.6 is 45.8 Å². The Balaban J connectivity index is 3.32. The molecular formula is C7H2Cl2F3I. The van der Waals surface area contributed by atoms with E-state index in [9.17, 15) is 13.2 Å². The van der Waals surface area contributed by atoms with Crippen LogP contribution in [0.4, 0.5) is 13.2 Å². The fourth-order valence-electron chi connectivity index (χ4n) is 0.740. The van der Waals surface area contributed by atoms with Crippen LogP contribution < -0.4 is 0 Å². The number of halogens is 6. The van der Waals surface area contributed by atoms with Crippen molar-refractivity contribution in [2.75, 3.05) is 0 Å². The van der Waals surface area contributed by atoms with Crippen molar-refractivity contribution >= 4 is 45.8 Å². The molecule has 1 rings (SSSR count). The average molecular weight is 341 g/mol. The van der Waals surface area contributed by atoms with Crippen molar-refractivity contribution in [3.8, 4) is 0 Å². The van der Waals surface area contributed by atoms with Gasteiger partial charge in [-0.05, 0) is 34.7 Å². The van der Waals surface area contributed by atoms with Crippen molar-refractivity contribution in [1.29, 1.82) is 0 Å². The number of rotatable bonds is 0. The SMILES string of the molecule is FC(F)(F)c1cc(Cl)c(I)cc1Cl. The standard InChI is InChI=1S/C7H2Cl2F3I/c8-4-2-6(13)5(9)1-3(4)7(10,11)12/h1-2H.